The average Bonchev–Trinajstić information content (AvgIpc) is 2.72. The predicted octanol–water partition coefficient (Wildman–Crippen LogP) is -0.473. The average molecular weight is 305 g/mol. The van der Waals surface area contributed by atoms with Crippen molar-refractivity contribution < 1.29 is 9.59 Å². The monoisotopic (exact) mass is 305 g/mol. The molecule has 0 atom stereocenters. The molecule has 2 heterocycles. The Labute approximate surface area is 127 Å². The van der Waals surface area contributed by atoms with Gasteiger partial charge in [0.2, 0.25) is 11.8 Å². The quantitative estimate of drug-likeness (QED) is 0.797. The Morgan fingerprint density at radius 2 is 1.95 bits per heavy atom. The zero-order valence-corrected chi connectivity index (χ0v) is 12.8. The van der Waals surface area contributed by atoms with Crippen molar-refractivity contribution in [3.63, 3.8) is 0 Å². The number of fused-ring (bicyclic) bond motifs is 1. The molecule has 118 valence electrons. The summed E-state index contributed by atoms with van der Waals surface area (Å²) < 4.78 is 2.41. The van der Waals surface area contributed by atoms with Gasteiger partial charge in [-0.2, -0.15) is 0 Å². The zero-order valence-electron chi connectivity index (χ0n) is 12.8. The van der Waals surface area contributed by atoms with Gasteiger partial charge in [0.05, 0.1) is 6.54 Å². The molecule has 0 aromatic carbocycles. The Morgan fingerprint density at radius 1 is 1.23 bits per heavy atom. The van der Waals surface area contributed by atoms with Crippen molar-refractivity contribution >= 4 is 17.5 Å². The molecule has 8 nitrogen and oxygen atoms in total. The van der Waals surface area contributed by atoms with Gasteiger partial charge in [-0.05, 0) is 32.9 Å². The van der Waals surface area contributed by atoms with Crippen molar-refractivity contribution in [2.75, 3.05) is 6.54 Å². The smallest absolute Gasteiger partial charge is 0.350 e. The Morgan fingerprint density at radius 3 is 2.59 bits per heavy atom. The van der Waals surface area contributed by atoms with E-state index in [1.807, 2.05) is 20.8 Å². The van der Waals surface area contributed by atoms with Crippen LogP contribution in [0.25, 0.3) is 5.65 Å². The summed E-state index contributed by atoms with van der Waals surface area (Å²) >= 11 is 0. The van der Waals surface area contributed by atoms with Gasteiger partial charge in [0.1, 0.15) is 6.54 Å². The van der Waals surface area contributed by atoms with Gasteiger partial charge in [0.25, 0.3) is 0 Å². The number of carbonyl (C=O) groups excluding carboxylic acids is 2. The SMILES string of the molecule is CC(C)(C)NC(=O)CNC(=O)Cn1nc2ccccn2c1=O. The van der Waals surface area contributed by atoms with E-state index in [-0.39, 0.29) is 24.5 Å². The van der Waals surface area contributed by atoms with Crippen molar-refractivity contribution in [3.05, 3.63) is 34.9 Å². The number of rotatable bonds is 4. The van der Waals surface area contributed by atoms with Gasteiger partial charge in [0.15, 0.2) is 5.65 Å². The maximum atomic E-state index is 12.0. The summed E-state index contributed by atoms with van der Waals surface area (Å²) in [6.45, 7) is 5.18. The van der Waals surface area contributed by atoms with Crippen LogP contribution in [0.15, 0.2) is 29.2 Å². The molecule has 0 radical (unpaired) electrons. The van der Waals surface area contributed by atoms with Crippen LogP contribution in [0.3, 0.4) is 0 Å². The number of pyridine rings is 1. The summed E-state index contributed by atoms with van der Waals surface area (Å²) in [6, 6.07) is 5.13. The van der Waals surface area contributed by atoms with E-state index in [0.717, 1.165) is 4.68 Å². The van der Waals surface area contributed by atoms with Crippen molar-refractivity contribution in [3.8, 4) is 0 Å². The molecular weight excluding hydrogens is 286 g/mol. The summed E-state index contributed by atoms with van der Waals surface area (Å²) in [4.78, 5) is 35.4. The summed E-state index contributed by atoms with van der Waals surface area (Å²) in [6.07, 6.45) is 1.58. The zero-order chi connectivity index (χ0) is 16.3. The second-order valence-electron chi connectivity index (χ2n) is 5.94. The molecule has 0 aliphatic heterocycles. The van der Waals surface area contributed by atoms with Gasteiger partial charge in [-0.25, -0.2) is 9.48 Å². The standard InChI is InChI=1S/C14H19N5O3/c1-14(2,3)16-11(20)8-15-12(21)9-19-13(22)18-7-5-4-6-10(18)17-19/h4-7H,8-9H2,1-3H3,(H,15,21)(H,16,20). The number of carbonyl (C=O) groups is 2. The topological polar surface area (TPSA) is 97.5 Å². The molecule has 8 heteroatoms. The molecule has 0 fully saturated rings. The third-order valence-electron chi connectivity index (χ3n) is 2.74. The highest BCUT2D eigenvalue weighted by atomic mass is 16.2. The number of hydrogen-bond acceptors (Lipinski definition) is 4. The fraction of sp³-hybridized carbons (Fsp3) is 0.429. The van der Waals surface area contributed by atoms with Crippen LogP contribution in [-0.2, 0) is 16.1 Å². The van der Waals surface area contributed by atoms with Crippen LogP contribution in [0.2, 0.25) is 0 Å². The molecular formula is C14H19N5O3. The maximum Gasteiger partial charge on any atom is 0.350 e. The molecule has 0 bridgehead atoms. The summed E-state index contributed by atoms with van der Waals surface area (Å²) in [7, 11) is 0. The lowest BCUT2D eigenvalue weighted by Crippen LogP contribution is -2.46. The molecule has 0 unspecified atom stereocenters. The van der Waals surface area contributed by atoms with E-state index in [1.54, 1.807) is 24.4 Å². The molecule has 2 aromatic heterocycles. The first-order chi connectivity index (χ1) is 10.3. The van der Waals surface area contributed by atoms with E-state index in [4.69, 9.17) is 0 Å². The molecule has 2 amide bonds. The third-order valence-corrected chi connectivity index (χ3v) is 2.74. The van der Waals surface area contributed by atoms with E-state index in [2.05, 4.69) is 15.7 Å². The highest BCUT2D eigenvalue weighted by Gasteiger charge is 2.15. The summed E-state index contributed by atoms with van der Waals surface area (Å²) in [5, 5.41) is 9.24. The van der Waals surface area contributed by atoms with Gasteiger partial charge >= 0.3 is 5.69 Å². The molecule has 0 spiro atoms. The highest BCUT2D eigenvalue weighted by molar-refractivity contribution is 5.84. The van der Waals surface area contributed by atoms with E-state index in [1.165, 1.54) is 4.40 Å². The lowest BCUT2D eigenvalue weighted by Gasteiger charge is -2.20. The number of nitrogens with zero attached hydrogens (tertiary/aromatic N) is 3. The largest absolute Gasteiger partial charge is 0.350 e. The van der Waals surface area contributed by atoms with Crippen LogP contribution < -0.4 is 16.3 Å². The maximum absolute atomic E-state index is 12.0. The van der Waals surface area contributed by atoms with Crippen LogP contribution in [0, 0.1) is 0 Å². The number of amides is 2. The Bertz CT molecular complexity index is 754. The predicted molar refractivity (Wildman–Crippen MR) is 80.4 cm³/mol. The second-order valence-corrected chi connectivity index (χ2v) is 5.94. The molecule has 2 rings (SSSR count). The minimum absolute atomic E-state index is 0.141. The molecule has 22 heavy (non-hydrogen) atoms. The van der Waals surface area contributed by atoms with Crippen LogP contribution in [-0.4, -0.2) is 38.1 Å². The normalized spacial score (nSPS) is 11.4. The molecule has 0 saturated heterocycles. The number of nitrogens with one attached hydrogen (secondary N) is 2. The first-order valence-electron chi connectivity index (χ1n) is 6.88. The van der Waals surface area contributed by atoms with Crippen LogP contribution in [0.5, 0.6) is 0 Å². The molecule has 2 N–H and O–H groups in total. The van der Waals surface area contributed by atoms with Gasteiger partial charge < -0.3 is 10.6 Å². The van der Waals surface area contributed by atoms with Gasteiger partial charge in [-0.15, -0.1) is 5.10 Å². The lowest BCUT2D eigenvalue weighted by molar-refractivity contribution is -0.127. The minimum Gasteiger partial charge on any atom is -0.350 e. The molecule has 2 aromatic rings. The molecule has 0 aliphatic carbocycles. The fourth-order valence-corrected chi connectivity index (χ4v) is 1.90. The second kappa shape index (κ2) is 6.00. The van der Waals surface area contributed by atoms with Crippen molar-refractivity contribution in [1.82, 2.24) is 24.8 Å². The highest BCUT2D eigenvalue weighted by Crippen LogP contribution is 1.97. The molecule has 0 aliphatic rings. The summed E-state index contributed by atoms with van der Waals surface area (Å²) in [5.41, 5.74) is -0.295. The first kappa shape index (κ1) is 15.7. The number of aromatic nitrogens is 3. The lowest BCUT2D eigenvalue weighted by atomic mass is 10.1. The van der Waals surface area contributed by atoms with Crippen LogP contribution >= 0.6 is 0 Å². The van der Waals surface area contributed by atoms with Crippen LogP contribution in [0.1, 0.15) is 20.8 Å². The van der Waals surface area contributed by atoms with Gasteiger partial charge in [0, 0.05) is 11.7 Å². The Balaban J connectivity index is 1.95. The minimum atomic E-state index is -0.449. The van der Waals surface area contributed by atoms with E-state index >= 15 is 0 Å². The van der Waals surface area contributed by atoms with Crippen LogP contribution in [0.4, 0.5) is 0 Å². The van der Waals surface area contributed by atoms with Crippen molar-refractivity contribution in [2.24, 2.45) is 0 Å². The summed E-state index contributed by atoms with van der Waals surface area (Å²) in [5.74, 6) is -0.738. The first-order valence-corrected chi connectivity index (χ1v) is 6.88. The van der Waals surface area contributed by atoms with Gasteiger partial charge in [-0.1, -0.05) is 6.07 Å². The van der Waals surface area contributed by atoms with E-state index in [0.29, 0.717) is 5.65 Å². The molecule has 0 saturated carbocycles. The number of hydrogen-bond donors (Lipinski definition) is 2. The third kappa shape index (κ3) is 3.94. The van der Waals surface area contributed by atoms with E-state index in [9.17, 15) is 14.4 Å². The van der Waals surface area contributed by atoms with Crippen molar-refractivity contribution in [1.29, 1.82) is 0 Å². The van der Waals surface area contributed by atoms with E-state index < -0.39 is 11.6 Å². The van der Waals surface area contributed by atoms with Crippen molar-refractivity contribution in [2.45, 2.75) is 32.9 Å². The van der Waals surface area contributed by atoms with Gasteiger partial charge in [-0.3, -0.25) is 14.0 Å². The fourth-order valence-electron chi connectivity index (χ4n) is 1.90. The Kier molecular flexibility index (Phi) is 4.30. The Hall–Kier alpha value is -2.64.